The SMILES string of the molecule is COC(=O)c1c(N)c(C#N)cn1-c1ccc(N2CCSCC2)cc1. The standard InChI is InChI=1S/C17H18N4O2S/c1-23-17(22)16-15(19)12(10-18)11-21(16)14-4-2-13(3-5-14)20-6-8-24-9-7-20/h2-5,11H,6-9,19H2,1H3. The van der Waals surface area contributed by atoms with Crippen LogP contribution in [0.4, 0.5) is 11.4 Å². The van der Waals surface area contributed by atoms with Crippen LogP contribution in [-0.2, 0) is 4.74 Å². The molecule has 0 spiro atoms. The zero-order chi connectivity index (χ0) is 17.1. The van der Waals surface area contributed by atoms with Crippen molar-refractivity contribution < 1.29 is 9.53 Å². The lowest BCUT2D eigenvalue weighted by atomic mass is 10.2. The normalized spacial score (nSPS) is 14.2. The van der Waals surface area contributed by atoms with Crippen LogP contribution in [0.5, 0.6) is 0 Å². The Labute approximate surface area is 144 Å². The minimum atomic E-state index is -0.564. The van der Waals surface area contributed by atoms with Gasteiger partial charge in [-0.1, -0.05) is 0 Å². The molecule has 2 heterocycles. The van der Waals surface area contributed by atoms with Gasteiger partial charge in [-0.05, 0) is 24.3 Å². The molecule has 3 rings (SSSR count). The number of nitriles is 1. The molecule has 0 radical (unpaired) electrons. The Balaban J connectivity index is 1.97. The summed E-state index contributed by atoms with van der Waals surface area (Å²) in [4.78, 5) is 14.4. The lowest BCUT2D eigenvalue weighted by molar-refractivity contribution is 0.0593. The molecular weight excluding hydrogens is 324 g/mol. The third-order valence-corrected chi connectivity index (χ3v) is 4.99. The molecule has 0 atom stereocenters. The molecule has 2 aromatic rings. The summed E-state index contributed by atoms with van der Waals surface area (Å²) in [5, 5.41) is 9.17. The van der Waals surface area contributed by atoms with Crippen molar-refractivity contribution in [2.75, 3.05) is 42.3 Å². The largest absolute Gasteiger partial charge is 0.464 e. The maximum atomic E-state index is 12.0. The van der Waals surface area contributed by atoms with E-state index in [0.29, 0.717) is 0 Å². The molecule has 1 saturated heterocycles. The number of nitrogens with two attached hydrogens (primary N) is 1. The van der Waals surface area contributed by atoms with Crippen LogP contribution >= 0.6 is 11.8 Å². The predicted molar refractivity (Wildman–Crippen MR) is 95.8 cm³/mol. The Hall–Kier alpha value is -2.59. The van der Waals surface area contributed by atoms with Crippen molar-refractivity contribution in [3.63, 3.8) is 0 Å². The number of ether oxygens (including phenoxy) is 1. The summed E-state index contributed by atoms with van der Waals surface area (Å²) in [7, 11) is 1.29. The van der Waals surface area contributed by atoms with Gasteiger partial charge >= 0.3 is 5.97 Å². The van der Waals surface area contributed by atoms with Crippen molar-refractivity contribution >= 4 is 29.1 Å². The van der Waals surface area contributed by atoms with Gasteiger partial charge in [0.05, 0.1) is 18.4 Å². The Kier molecular flexibility index (Phi) is 4.67. The highest BCUT2D eigenvalue weighted by molar-refractivity contribution is 7.99. The van der Waals surface area contributed by atoms with Crippen molar-refractivity contribution in [3.05, 3.63) is 41.7 Å². The molecule has 1 aliphatic rings. The maximum absolute atomic E-state index is 12.0. The zero-order valence-electron chi connectivity index (χ0n) is 13.4. The van der Waals surface area contributed by atoms with Gasteiger partial charge in [-0.15, -0.1) is 0 Å². The van der Waals surface area contributed by atoms with Crippen molar-refractivity contribution in [3.8, 4) is 11.8 Å². The molecule has 0 bridgehead atoms. The Morgan fingerprint density at radius 3 is 2.46 bits per heavy atom. The first-order chi connectivity index (χ1) is 11.7. The third kappa shape index (κ3) is 2.93. The molecule has 0 unspecified atom stereocenters. The van der Waals surface area contributed by atoms with Crippen LogP contribution < -0.4 is 10.6 Å². The average molecular weight is 342 g/mol. The number of rotatable bonds is 3. The number of aromatic nitrogens is 1. The number of esters is 1. The molecule has 0 aliphatic carbocycles. The van der Waals surface area contributed by atoms with E-state index in [0.717, 1.165) is 36.0 Å². The fraction of sp³-hybridized carbons (Fsp3) is 0.294. The number of hydrogen-bond donors (Lipinski definition) is 1. The fourth-order valence-electron chi connectivity index (χ4n) is 2.76. The van der Waals surface area contributed by atoms with E-state index in [9.17, 15) is 4.79 Å². The van der Waals surface area contributed by atoms with Crippen LogP contribution in [0.25, 0.3) is 5.69 Å². The monoisotopic (exact) mass is 342 g/mol. The van der Waals surface area contributed by atoms with E-state index in [1.807, 2.05) is 42.1 Å². The molecule has 2 N–H and O–H groups in total. The lowest BCUT2D eigenvalue weighted by Gasteiger charge is -2.28. The topological polar surface area (TPSA) is 84.3 Å². The van der Waals surface area contributed by atoms with Crippen LogP contribution in [-0.4, -0.2) is 42.2 Å². The van der Waals surface area contributed by atoms with Crippen LogP contribution in [0.15, 0.2) is 30.5 Å². The van der Waals surface area contributed by atoms with E-state index in [4.69, 9.17) is 15.7 Å². The average Bonchev–Trinajstić information content (AvgIpc) is 2.98. The molecule has 6 nitrogen and oxygen atoms in total. The molecule has 1 fully saturated rings. The first kappa shape index (κ1) is 16.3. The number of benzene rings is 1. The summed E-state index contributed by atoms with van der Waals surface area (Å²) in [6.07, 6.45) is 1.56. The molecule has 24 heavy (non-hydrogen) atoms. The molecule has 1 aliphatic heterocycles. The van der Waals surface area contributed by atoms with Crippen LogP contribution in [0, 0.1) is 11.3 Å². The summed E-state index contributed by atoms with van der Waals surface area (Å²) in [5.41, 5.74) is 8.41. The van der Waals surface area contributed by atoms with Crippen LogP contribution in [0.2, 0.25) is 0 Å². The number of methoxy groups -OCH3 is 1. The lowest BCUT2D eigenvalue weighted by Crippen LogP contribution is -2.32. The van der Waals surface area contributed by atoms with Gasteiger partial charge in [0.1, 0.15) is 6.07 Å². The van der Waals surface area contributed by atoms with Crippen molar-refractivity contribution in [2.45, 2.75) is 0 Å². The number of nitrogens with zero attached hydrogens (tertiary/aromatic N) is 3. The molecule has 0 amide bonds. The summed E-state index contributed by atoms with van der Waals surface area (Å²) >= 11 is 1.97. The Morgan fingerprint density at radius 1 is 1.25 bits per heavy atom. The number of hydrogen-bond acceptors (Lipinski definition) is 6. The zero-order valence-corrected chi connectivity index (χ0v) is 14.2. The van der Waals surface area contributed by atoms with Gasteiger partial charge < -0.3 is 19.9 Å². The van der Waals surface area contributed by atoms with Crippen molar-refractivity contribution in [1.82, 2.24) is 4.57 Å². The van der Waals surface area contributed by atoms with E-state index in [1.54, 1.807) is 10.8 Å². The third-order valence-electron chi connectivity index (χ3n) is 4.05. The number of thioether (sulfide) groups is 1. The maximum Gasteiger partial charge on any atom is 0.357 e. The van der Waals surface area contributed by atoms with E-state index in [1.165, 1.54) is 7.11 Å². The molecule has 0 saturated carbocycles. The summed E-state index contributed by atoms with van der Waals surface area (Å²) in [6.45, 7) is 2.07. The fourth-order valence-corrected chi connectivity index (χ4v) is 3.67. The smallest absolute Gasteiger partial charge is 0.357 e. The van der Waals surface area contributed by atoms with E-state index >= 15 is 0 Å². The predicted octanol–water partition coefficient (Wildman–Crippen LogP) is 2.27. The molecule has 124 valence electrons. The van der Waals surface area contributed by atoms with Crippen molar-refractivity contribution in [1.29, 1.82) is 5.26 Å². The van der Waals surface area contributed by atoms with E-state index in [-0.39, 0.29) is 16.9 Å². The van der Waals surface area contributed by atoms with Gasteiger partial charge in [0, 0.05) is 42.2 Å². The van der Waals surface area contributed by atoms with Gasteiger partial charge in [-0.3, -0.25) is 0 Å². The number of carbonyl (C=O) groups excluding carboxylic acids is 1. The molecule has 1 aromatic heterocycles. The van der Waals surface area contributed by atoms with Gasteiger partial charge in [0.25, 0.3) is 0 Å². The summed E-state index contributed by atoms with van der Waals surface area (Å²) in [5.74, 6) is 1.70. The molecular formula is C17H18N4O2S. The first-order valence-corrected chi connectivity index (χ1v) is 8.73. The second-order valence-corrected chi connectivity index (χ2v) is 6.62. The number of carbonyl (C=O) groups is 1. The second kappa shape index (κ2) is 6.89. The van der Waals surface area contributed by atoms with Crippen LogP contribution in [0.1, 0.15) is 16.1 Å². The summed E-state index contributed by atoms with van der Waals surface area (Å²) < 4.78 is 6.40. The quantitative estimate of drug-likeness (QED) is 0.862. The highest BCUT2D eigenvalue weighted by Gasteiger charge is 2.21. The van der Waals surface area contributed by atoms with Gasteiger partial charge in [-0.25, -0.2) is 4.79 Å². The molecule has 1 aromatic carbocycles. The minimum Gasteiger partial charge on any atom is -0.464 e. The Bertz CT molecular complexity index is 786. The van der Waals surface area contributed by atoms with Gasteiger partial charge in [0.15, 0.2) is 5.69 Å². The molecule has 7 heteroatoms. The first-order valence-electron chi connectivity index (χ1n) is 7.58. The number of nitrogen functional groups attached to an aromatic ring is 1. The van der Waals surface area contributed by atoms with Gasteiger partial charge in [-0.2, -0.15) is 17.0 Å². The minimum absolute atomic E-state index is 0.140. The number of anilines is 2. The highest BCUT2D eigenvalue weighted by Crippen LogP contribution is 2.26. The Morgan fingerprint density at radius 2 is 1.88 bits per heavy atom. The second-order valence-electron chi connectivity index (χ2n) is 5.39. The van der Waals surface area contributed by atoms with E-state index < -0.39 is 5.97 Å². The summed E-state index contributed by atoms with van der Waals surface area (Å²) in [6, 6.07) is 9.89. The highest BCUT2D eigenvalue weighted by atomic mass is 32.2. The van der Waals surface area contributed by atoms with Gasteiger partial charge in [0.2, 0.25) is 0 Å². The van der Waals surface area contributed by atoms with E-state index in [2.05, 4.69) is 4.90 Å². The van der Waals surface area contributed by atoms with Crippen LogP contribution in [0.3, 0.4) is 0 Å². The van der Waals surface area contributed by atoms with Crippen molar-refractivity contribution in [2.24, 2.45) is 0 Å².